The summed E-state index contributed by atoms with van der Waals surface area (Å²) < 4.78 is 2.18. The standard InChI is InChI=1S/C16H20N4S/c1-12-15(21-11-17-12)8-9-19(2)10-16-18-13-6-4-5-7-14(13)20(16)3/h4-7,11H,8-10H2,1-3H3. The van der Waals surface area contributed by atoms with E-state index in [0.29, 0.717) is 0 Å². The van der Waals surface area contributed by atoms with Crippen molar-refractivity contribution >= 4 is 22.4 Å². The Bertz CT molecular complexity index is 744. The van der Waals surface area contributed by atoms with Crippen LogP contribution in [-0.4, -0.2) is 33.0 Å². The zero-order valence-corrected chi connectivity index (χ0v) is 13.5. The Morgan fingerprint density at radius 2 is 2.10 bits per heavy atom. The monoisotopic (exact) mass is 300 g/mol. The maximum Gasteiger partial charge on any atom is 0.123 e. The van der Waals surface area contributed by atoms with Gasteiger partial charge in [-0.1, -0.05) is 12.1 Å². The summed E-state index contributed by atoms with van der Waals surface area (Å²) in [5, 5.41) is 0. The summed E-state index contributed by atoms with van der Waals surface area (Å²) in [6, 6.07) is 8.28. The molecule has 0 radical (unpaired) electrons. The molecule has 1 aromatic carbocycles. The van der Waals surface area contributed by atoms with E-state index in [4.69, 9.17) is 4.98 Å². The van der Waals surface area contributed by atoms with Crippen LogP contribution in [0.5, 0.6) is 0 Å². The molecular weight excluding hydrogens is 280 g/mol. The molecule has 0 aliphatic carbocycles. The van der Waals surface area contributed by atoms with E-state index in [1.807, 2.05) is 11.6 Å². The summed E-state index contributed by atoms with van der Waals surface area (Å²) in [4.78, 5) is 12.7. The van der Waals surface area contributed by atoms with Gasteiger partial charge in [-0.05, 0) is 32.5 Å². The fourth-order valence-corrected chi connectivity index (χ4v) is 3.29. The third-order valence-electron chi connectivity index (χ3n) is 3.86. The van der Waals surface area contributed by atoms with E-state index in [0.717, 1.165) is 36.5 Å². The first-order valence-corrected chi connectivity index (χ1v) is 8.01. The molecule has 2 heterocycles. The fraction of sp³-hybridized carbons (Fsp3) is 0.375. The normalized spacial score (nSPS) is 11.6. The van der Waals surface area contributed by atoms with Crippen molar-refractivity contribution in [3.8, 4) is 0 Å². The number of benzene rings is 1. The molecule has 2 aromatic heterocycles. The second kappa shape index (κ2) is 5.95. The summed E-state index contributed by atoms with van der Waals surface area (Å²) in [5.41, 5.74) is 5.35. The van der Waals surface area contributed by atoms with Gasteiger partial charge in [-0.3, -0.25) is 4.90 Å². The Morgan fingerprint density at radius 3 is 2.81 bits per heavy atom. The average Bonchev–Trinajstić information content (AvgIpc) is 3.02. The highest BCUT2D eigenvalue weighted by molar-refractivity contribution is 7.09. The van der Waals surface area contributed by atoms with E-state index in [2.05, 4.69) is 53.7 Å². The lowest BCUT2D eigenvalue weighted by atomic mass is 10.3. The van der Waals surface area contributed by atoms with E-state index < -0.39 is 0 Å². The Hall–Kier alpha value is -1.72. The molecule has 0 N–H and O–H groups in total. The molecule has 3 aromatic rings. The van der Waals surface area contributed by atoms with E-state index in [1.54, 1.807) is 11.3 Å². The Balaban J connectivity index is 1.67. The van der Waals surface area contributed by atoms with Gasteiger partial charge in [-0.25, -0.2) is 9.97 Å². The maximum absolute atomic E-state index is 4.73. The number of nitrogens with zero attached hydrogens (tertiary/aromatic N) is 4. The largest absolute Gasteiger partial charge is 0.330 e. The van der Waals surface area contributed by atoms with Crippen molar-refractivity contribution in [2.24, 2.45) is 7.05 Å². The number of imidazole rings is 1. The zero-order chi connectivity index (χ0) is 14.8. The number of aryl methyl sites for hydroxylation is 2. The van der Waals surface area contributed by atoms with Gasteiger partial charge in [-0.2, -0.15) is 0 Å². The van der Waals surface area contributed by atoms with Crippen molar-refractivity contribution in [3.05, 3.63) is 46.2 Å². The molecule has 0 amide bonds. The van der Waals surface area contributed by atoms with Gasteiger partial charge in [0, 0.05) is 18.5 Å². The second-order valence-corrected chi connectivity index (χ2v) is 6.36. The van der Waals surface area contributed by atoms with Gasteiger partial charge in [0.15, 0.2) is 0 Å². The molecule has 0 aliphatic rings. The van der Waals surface area contributed by atoms with Crippen molar-refractivity contribution in [2.45, 2.75) is 19.9 Å². The Morgan fingerprint density at radius 1 is 1.29 bits per heavy atom. The van der Waals surface area contributed by atoms with Gasteiger partial charge in [0.25, 0.3) is 0 Å². The minimum Gasteiger partial charge on any atom is -0.330 e. The van der Waals surface area contributed by atoms with Crippen LogP contribution in [0, 0.1) is 6.92 Å². The van der Waals surface area contributed by atoms with Crippen molar-refractivity contribution in [1.29, 1.82) is 0 Å². The molecule has 0 spiro atoms. The highest BCUT2D eigenvalue weighted by atomic mass is 32.1. The van der Waals surface area contributed by atoms with E-state index >= 15 is 0 Å². The van der Waals surface area contributed by atoms with E-state index in [-0.39, 0.29) is 0 Å². The van der Waals surface area contributed by atoms with Gasteiger partial charge in [0.1, 0.15) is 5.82 Å². The molecule has 5 heteroatoms. The molecule has 4 nitrogen and oxygen atoms in total. The Kier molecular flexibility index (Phi) is 4.03. The molecule has 3 rings (SSSR count). The first-order chi connectivity index (χ1) is 10.1. The van der Waals surface area contributed by atoms with E-state index in [9.17, 15) is 0 Å². The molecule has 0 bridgehead atoms. The average molecular weight is 300 g/mol. The summed E-state index contributed by atoms with van der Waals surface area (Å²) in [7, 11) is 4.24. The number of rotatable bonds is 5. The third-order valence-corrected chi connectivity index (χ3v) is 4.85. The van der Waals surface area contributed by atoms with Crippen LogP contribution >= 0.6 is 11.3 Å². The lowest BCUT2D eigenvalue weighted by molar-refractivity contribution is 0.320. The van der Waals surface area contributed by atoms with Crippen LogP contribution < -0.4 is 0 Å². The minimum absolute atomic E-state index is 0.864. The summed E-state index contributed by atoms with van der Waals surface area (Å²) in [6.07, 6.45) is 1.05. The molecule has 0 aliphatic heterocycles. The highest BCUT2D eigenvalue weighted by Crippen LogP contribution is 2.16. The van der Waals surface area contributed by atoms with Crippen LogP contribution in [0.4, 0.5) is 0 Å². The topological polar surface area (TPSA) is 34.0 Å². The lowest BCUT2D eigenvalue weighted by Gasteiger charge is -2.15. The number of fused-ring (bicyclic) bond motifs is 1. The first kappa shape index (κ1) is 14.2. The van der Waals surface area contributed by atoms with Crippen LogP contribution in [0.25, 0.3) is 11.0 Å². The summed E-state index contributed by atoms with van der Waals surface area (Å²) in [6.45, 7) is 3.96. The van der Waals surface area contributed by atoms with Gasteiger partial charge < -0.3 is 4.57 Å². The van der Waals surface area contributed by atoms with Gasteiger partial charge in [0.05, 0.1) is 28.8 Å². The van der Waals surface area contributed by atoms with E-state index in [1.165, 1.54) is 10.4 Å². The lowest BCUT2D eigenvalue weighted by Crippen LogP contribution is -2.22. The van der Waals surface area contributed by atoms with Gasteiger partial charge in [0.2, 0.25) is 0 Å². The van der Waals surface area contributed by atoms with Crippen LogP contribution in [0.2, 0.25) is 0 Å². The van der Waals surface area contributed by atoms with Crippen molar-refractivity contribution in [1.82, 2.24) is 19.4 Å². The summed E-state index contributed by atoms with van der Waals surface area (Å²) >= 11 is 1.75. The quantitative estimate of drug-likeness (QED) is 0.726. The molecule has 0 saturated heterocycles. The predicted molar refractivity (Wildman–Crippen MR) is 87.6 cm³/mol. The number of thiazole rings is 1. The van der Waals surface area contributed by atoms with Crippen molar-refractivity contribution in [2.75, 3.05) is 13.6 Å². The third kappa shape index (κ3) is 2.99. The van der Waals surface area contributed by atoms with Gasteiger partial charge >= 0.3 is 0 Å². The maximum atomic E-state index is 4.73. The number of hydrogen-bond donors (Lipinski definition) is 0. The van der Waals surface area contributed by atoms with Crippen molar-refractivity contribution < 1.29 is 0 Å². The minimum atomic E-state index is 0.864. The SMILES string of the molecule is Cc1ncsc1CCN(C)Cc1nc2ccccc2n1C. The molecule has 21 heavy (non-hydrogen) atoms. The molecule has 0 saturated carbocycles. The molecule has 110 valence electrons. The molecular formula is C16H20N4S. The highest BCUT2D eigenvalue weighted by Gasteiger charge is 2.10. The fourth-order valence-electron chi connectivity index (χ4n) is 2.52. The van der Waals surface area contributed by atoms with Crippen LogP contribution in [0.3, 0.4) is 0 Å². The molecule has 0 atom stereocenters. The van der Waals surface area contributed by atoms with Crippen molar-refractivity contribution in [3.63, 3.8) is 0 Å². The Labute approximate surface area is 129 Å². The second-order valence-electron chi connectivity index (χ2n) is 5.42. The number of aromatic nitrogens is 3. The van der Waals surface area contributed by atoms with Gasteiger partial charge in [-0.15, -0.1) is 11.3 Å². The number of hydrogen-bond acceptors (Lipinski definition) is 4. The summed E-state index contributed by atoms with van der Waals surface area (Å²) in [5.74, 6) is 1.11. The molecule has 0 unspecified atom stereocenters. The number of likely N-dealkylation sites (N-methyl/N-ethyl adjacent to an activating group) is 1. The van der Waals surface area contributed by atoms with Crippen LogP contribution in [-0.2, 0) is 20.0 Å². The van der Waals surface area contributed by atoms with Crippen LogP contribution in [0.15, 0.2) is 29.8 Å². The number of para-hydroxylation sites is 2. The molecule has 0 fully saturated rings. The smallest absolute Gasteiger partial charge is 0.123 e. The predicted octanol–water partition coefficient (Wildman–Crippen LogP) is 3.01. The van der Waals surface area contributed by atoms with Crippen LogP contribution in [0.1, 0.15) is 16.4 Å². The first-order valence-electron chi connectivity index (χ1n) is 7.13. The zero-order valence-electron chi connectivity index (χ0n) is 12.7.